The monoisotopic (exact) mass is 876 g/mol. The lowest BCUT2D eigenvalue weighted by atomic mass is 9.72. The molecule has 1 unspecified atom stereocenters. The summed E-state index contributed by atoms with van der Waals surface area (Å²) < 4.78 is 76.1. The van der Waals surface area contributed by atoms with Crippen molar-refractivity contribution in [1.82, 2.24) is 24.5 Å². The molecule has 2 heterocycles. The summed E-state index contributed by atoms with van der Waals surface area (Å²) in [5.41, 5.74) is 1.77. The van der Waals surface area contributed by atoms with E-state index in [0.717, 1.165) is 75.5 Å². The SMILES string of the molecule is CCCCCCCCOc1ccc(NS(=O)(=O)c2cc(C(C)(C)CC(C)(C)C)ccc2OCCCCCCCC)cc1S(=O)(=O)NCC(C)c1nc2c(Cl)c(C)[nH]n2n1. The van der Waals surface area contributed by atoms with Crippen molar-refractivity contribution in [3.63, 3.8) is 0 Å². The largest absolute Gasteiger partial charge is 0.492 e. The van der Waals surface area contributed by atoms with Crippen LogP contribution in [-0.2, 0) is 25.5 Å². The van der Waals surface area contributed by atoms with E-state index in [0.29, 0.717) is 29.7 Å². The highest BCUT2D eigenvalue weighted by molar-refractivity contribution is 7.93. The first-order valence-corrected chi connectivity index (χ1v) is 24.8. The summed E-state index contributed by atoms with van der Waals surface area (Å²) in [7, 11) is -8.50. The van der Waals surface area contributed by atoms with Crippen LogP contribution in [0.2, 0.25) is 5.02 Å². The van der Waals surface area contributed by atoms with Gasteiger partial charge in [-0.2, -0.15) is 4.63 Å². The number of aromatic nitrogens is 4. The molecule has 2 aromatic carbocycles. The van der Waals surface area contributed by atoms with Crippen LogP contribution in [0.15, 0.2) is 46.2 Å². The fourth-order valence-electron chi connectivity index (χ4n) is 7.46. The standard InChI is InChI=1S/C44H69ClN6O6S2/c1-10-12-14-16-18-20-26-56-36-24-22-34(44(8,9)31-43(5,6)7)28-38(36)59(54,55)50-35-23-25-37(57-27-21-19-17-15-13-11-2)39(29-35)58(52,53)46-30-32(3)41-47-42-40(45)33(4)48-51(42)49-41/h22-25,28-29,32,46,48,50H,10-21,26-27,30-31H2,1-9H3. The highest BCUT2D eigenvalue weighted by Gasteiger charge is 2.31. The molecule has 0 aliphatic heterocycles. The van der Waals surface area contributed by atoms with E-state index in [9.17, 15) is 16.8 Å². The molecule has 0 aliphatic carbocycles. The average Bonchev–Trinajstić information content (AvgIpc) is 3.69. The number of aromatic amines is 1. The minimum absolute atomic E-state index is 0.00169. The number of hydrogen-bond donors (Lipinski definition) is 3. The number of sulfonamides is 2. The van der Waals surface area contributed by atoms with Gasteiger partial charge in [0.05, 0.1) is 24.6 Å². The van der Waals surface area contributed by atoms with Gasteiger partial charge >= 0.3 is 0 Å². The molecule has 12 nitrogen and oxygen atoms in total. The minimum atomic E-state index is -4.27. The minimum Gasteiger partial charge on any atom is -0.492 e. The second-order valence-electron chi connectivity index (χ2n) is 17.8. The quantitative estimate of drug-likeness (QED) is 0.0526. The van der Waals surface area contributed by atoms with Crippen molar-refractivity contribution >= 4 is 43.0 Å². The molecule has 1 atom stereocenters. The molecule has 59 heavy (non-hydrogen) atoms. The fraction of sp³-hybridized carbons (Fsp3) is 0.636. The van der Waals surface area contributed by atoms with E-state index in [4.69, 9.17) is 21.1 Å². The van der Waals surface area contributed by atoms with E-state index in [2.05, 4.69) is 73.1 Å². The number of rotatable bonds is 26. The first-order valence-electron chi connectivity index (χ1n) is 21.5. The molecule has 0 saturated carbocycles. The lowest BCUT2D eigenvalue weighted by Crippen LogP contribution is -2.29. The van der Waals surface area contributed by atoms with Gasteiger partial charge in [-0.25, -0.2) is 26.5 Å². The first-order chi connectivity index (χ1) is 27.8. The van der Waals surface area contributed by atoms with E-state index in [1.54, 1.807) is 12.1 Å². The third kappa shape index (κ3) is 14.1. The molecule has 4 aromatic rings. The Balaban J connectivity index is 1.63. The summed E-state index contributed by atoms with van der Waals surface area (Å²) in [6.45, 7) is 19.4. The van der Waals surface area contributed by atoms with Crippen molar-refractivity contribution < 1.29 is 26.3 Å². The highest BCUT2D eigenvalue weighted by atomic mass is 35.5. The molecule has 0 amide bonds. The lowest BCUT2D eigenvalue weighted by Gasteiger charge is -2.33. The predicted octanol–water partition coefficient (Wildman–Crippen LogP) is 11.1. The Bertz CT molecular complexity index is 2180. The van der Waals surface area contributed by atoms with Crippen LogP contribution in [-0.4, -0.2) is 56.4 Å². The molecule has 15 heteroatoms. The molecule has 3 N–H and O–H groups in total. The number of hydrogen-bond acceptors (Lipinski definition) is 8. The molecule has 0 saturated heterocycles. The molecule has 0 fully saturated rings. The van der Waals surface area contributed by atoms with Crippen molar-refractivity contribution in [2.75, 3.05) is 24.5 Å². The van der Waals surface area contributed by atoms with Gasteiger partial charge < -0.3 is 9.47 Å². The van der Waals surface area contributed by atoms with Crippen LogP contribution >= 0.6 is 11.6 Å². The number of anilines is 1. The van der Waals surface area contributed by atoms with Crippen LogP contribution in [0.4, 0.5) is 5.69 Å². The third-order valence-electron chi connectivity index (χ3n) is 10.4. The van der Waals surface area contributed by atoms with Crippen molar-refractivity contribution in [3.05, 3.63) is 58.5 Å². The Morgan fingerprint density at radius 3 is 1.88 bits per heavy atom. The smallest absolute Gasteiger partial charge is 0.265 e. The fourth-order valence-corrected chi connectivity index (χ4v) is 10.1. The van der Waals surface area contributed by atoms with Gasteiger partial charge in [0.25, 0.3) is 10.0 Å². The molecule has 330 valence electrons. The summed E-state index contributed by atoms with van der Waals surface area (Å²) in [6.07, 6.45) is 13.5. The summed E-state index contributed by atoms with van der Waals surface area (Å²) in [4.78, 5) is 4.33. The van der Waals surface area contributed by atoms with Crippen LogP contribution in [0, 0.1) is 12.3 Å². The molecule has 0 bridgehead atoms. The second kappa shape index (κ2) is 21.5. The van der Waals surface area contributed by atoms with E-state index >= 15 is 0 Å². The number of aryl methyl sites for hydroxylation is 1. The Morgan fingerprint density at radius 2 is 1.32 bits per heavy atom. The number of ether oxygens (including phenoxy) is 2. The van der Waals surface area contributed by atoms with Crippen molar-refractivity contribution in [3.8, 4) is 11.5 Å². The Hall–Kier alpha value is -3.33. The van der Waals surface area contributed by atoms with Gasteiger partial charge in [0.2, 0.25) is 10.0 Å². The third-order valence-corrected chi connectivity index (χ3v) is 13.7. The Labute approximate surface area is 359 Å². The number of nitrogens with one attached hydrogen (secondary N) is 3. The highest BCUT2D eigenvalue weighted by Crippen LogP contribution is 2.39. The Morgan fingerprint density at radius 1 is 0.780 bits per heavy atom. The lowest BCUT2D eigenvalue weighted by molar-refractivity contribution is 0.281. The van der Waals surface area contributed by atoms with Crippen molar-refractivity contribution in [1.29, 1.82) is 0 Å². The maximum absolute atomic E-state index is 14.4. The van der Waals surface area contributed by atoms with E-state index in [1.807, 2.05) is 19.9 Å². The van der Waals surface area contributed by atoms with Gasteiger partial charge in [-0.05, 0) is 72.9 Å². The van der Waals surface area contributed by atoms with Crippen LogP contribution in [0.3, 0.4) is 0 Å². The number of unbranched alkanes of at least 4 members (excludes halogenated alkanes) is 10. The van der Waals surface area contributed by atoms with Crippen molar-refractivity contribution in [2.45, 2.75) is 167 Å². The van der Waals surface area contributed by atoms with Crippen LogP contribution in [0.1, 0.15) is 162 Å². The first kappa shape index (κ1) is 48.3. The van der Waals surface area contributed by atoms with Gasteiger partial charge in [-0.1, -0.05) is 137 Å². The van der Waals surface area contributed by atoms with Crippen LogP contribution < -0.4 is 18.9 Å². The molecule has 4 rings (SSSR count). The van der Waals surface area contributed by atoms with Gasteiger partial charge in [-0.3, -0.25) is 9.82 Å². The maximum Gasteiger partial charge on any atom is 0.265 e. The molecule has 0 aliphatic rings. The molecule has 0 radical (unpaired) electrons. The summed E-state index contributed by atoms with van der Waals surface area (Å²) >= 11 is 6.36. The van der Waals surface area contributed by atoms with Gasteiger partial charge in [0.15, 0.2) is 11.5 Å². The number of halogens is 1. The van der Waals surface area contributed by atoms with E-state index < -0.39 is 26.0 Å². The van der Waals surface area contributed by atoms with Gasteiger partial charge in [0.1, 0.15) is 26.3 Å². The maximum atomic E-state index is 14.4. The normalized spacial score (nSPS) is 13.3. The molecular formula is C44H69ClN6O6S2. The average molecular weight is 878 g/mol. The van der Waals surface area contributed by atoms with Crippen LogP contribution in [0.25, 0.3) is 5.65 Å². The molecular weight excluding hydrogens is 808 g/mol. The molecule has 2 aromatic heterocycles. The van der Waals surface area contributed by atoms with Crippen molar-refractivity contribution in [2.24, 2.45) is 5.41 Å². The van der Waals surface area contributed by atoms with E-state index in [1.165, 1.54) is 42.1 Å². The topological polar surface area (TPSA) is 157 Å². The summed E-state index contributed by atoms with van der Waals surface area (Å²) in [5, 5.41) is 7.91. The Kier molecular flexibility index (Phi) is 17.6. The number of nitrogens with zero attached hydrogens (tertiary/aromatic N) is 3. The second-order valence-corrected chi connectivity index (χ2v) is 21.6. The molecule has 0 spiro atoms. The zero-order chi connectivity index (χ0) is 43.4. The zero-order valence-electron chi connectivity index (χ0n) is 36.8. The number of H-pyrrole nitrogens is 1. The van der Waals surface area contributed by atoms with Gasteiger partial charge in [0, 0.05) is 12.5 Å². The summed E-state index contributed by atoms with van der Waals surface area (Å²) in [5.74, 6) is 0.369. The zero-order valence-corrected chi connectivity index (χ0v) is 39.2. The van der Waals surface area contributed by atoms with Gasteiger partial charge in [-0.15, -0.1) is 5.10 Å². The number of fused-ring (bicyclic) bond motifs is 1. The predicted molar refractivity (Wildman–Crippen MR) is 239 cm³/mol. The van der Waals surface area contributed by atoms with E-state index in [-0.39, 0.29) is 44.4 Å². The number of benzene rings is 2. The van der Waals surface area contributed by atoms with Crippen LogP contribution in [0.5, 0.6) is 11.5 Å². The summed E-state index contributed by atoms with van der Waals surface area (Å²) in [6, 6.07) is 9.74.